The van der Waals surface area contributed by atoms with E-state index in [1.807, 2.05) is 41.5 Å². The van der Waals surface area contributed by atoms with Gasteiger partial charge in [0.2, 0.25) is 0 Å². The highest BCUT2D eigenvalue weighted by Crippen LogP contribution is 2.58. The molecule has 0 saturated heterocycles. The molecule has 1 aliphatic heterocycles. The molecular weight excluding hydrogens is 470 g/mol. The normalized spacial score (nSPS) is 21.8. The Balaban J connectivity index is 2.08. The summed E-state index contributed by atoms with van der Waals surface area (Å²) in [7, 11) is 0. The lowest BCUT2D eigenvalue weighted by Gasteiger charge is -2.45. The molecule has 1 heterocycles. The minimum Gasteiger partial charge on any atom is -0.507 e. The van der Waals surface area contributed by atoms with Crippen LogP contribution < -0.4 is 4.74 Å². The monoisotopic (exact) mass is 500 g/mol. The third-order valence-corrected chi connectivity index (χ3v) is 6.92. The first-order chi connectivity index (χ1) is 16.1. The van der Waals surface area contributed by atoms with E-state index in [0.29, 0.717) is 11.1 Å². The van der Waals surface area contributed by atoms with Gasteiger partial charge in [-0.25, -0.2) is 0 Å². The van der Waals surface area contributed by atoms with Crippen LogP contribution in [0.2, 0.25) is 5.02 Å². The zero-order valence-electron chi connectivity index (χ0n) is 20.8. The van der Waals surface area contributed by atoms with Crippen molar-refractivity contribution in [2.75, 3.05) is 0 Å². The van der Waals surface area contributed by atoms with Gasteiger partial charge < -0.3 is 14.9 Å². The van der Waals surface area contributed by atoms with Crippen molar-refractivity contribution >= 4 is 11.6 Å². The van der Waals surface area contributed by atoms with Crippen molar-refractivity contribution in [3.63, 3.8) is 0 Å². The third-order valence-electron chi connectivity index (χ3n) is 6.62. The van der Waals surface area contributed by atoms with E-state index in [2.05, 4.69) is 0 Å². The molecule has 3 aromatic carbocycles. The number of rotatable bonds is 2. The maximum absolute atomic E-state index is 16.6. The fraction of sp³-hybridized carbons (Fsp3) is 0.379. The molecule has 3 nitrogen and oxygen atoms in total. The molecule has 0 bridgehead atoms. The molecule has 1 aliphatic rings. The molecule has 0 aromatic heterocycles. The highest BCUT2D eigenvalue weighted by Gasteiger charge is 2.65. The van der Waals surface area contributed by atoms with E-state index in [1.165, 1.54) is 12.1 Å². The number of hydrogen-bond donors (Lipinski definition) is 2. The predicted molar refractivity (Wildman–Crippen MR) is 135 cm³/mol. The minimum absolute atomic E-state index is 0.0131. The number of hydrogen-bond acceptors (Lipinski definition) is 3. The molecule has 0 radical (unpaired) electrons. The SMILES string of the molecule is CC(C)(C)c1cc(C2c3cccc(Cl)c3OC(O)(c3ccccc3)C2(F)F)cc(C(C)(C)C)c1O. The first kappa shape index (κ1) is 25.5. The number of halogens is 3. The van der Waals surface area contributed by atoms with Crippen molar-refractivity contribution in [1.82, 2.24) is 0 Å². The van der Waals surface area contributed by atoms with Crippen LogP contribution in [-0.2, 0) is 16.6 Å². The number of para-hydroxylation sites is 1. The van der Waals surface area contributed by atoms with Crippen molar-refractivity contribution in [2.45, 2.75) is 70.0 Å². The number of phenols is 1. The van der Waals surface area contributed by atoms with Gasteiger partial charge in [-0.15, -0.1) is 0 Å². The molecule has 186 valence electrons. The molecule has 0 saturated carbocycles. The maximum Gasteiger partial charge on any atom is 0.327 e. The standard InChI is InChI=1S/C29H31ClF2O3/c1-26(2,3)20-15-17(16-21(24(20)33)27(4,5)6)23-19-13-10-14-22(30)25(19)35-29(34,28(23,31)32)18-11-8-7-9-12-18/h7-16,23,33-34H,1-6H3. The van der Waals surface area contributed by atoms with Gasteiger partial charge in [0.15, 0.2) is 0 Å². The van der Waals surface area contributed by atoms with E-state index in [9.17, 15) is 10.2 Å². The number of ether oxygens (including phenoxy) is 1. The van der Waals surface area contributed by atoms with E-state index in [1.54, 1.807) is 48.5 Å². The fourth-order valence-corrected chi connectivity index (χ4v) is 4.96. The second-order valence-electron chi connectivity index (χ2n) is 11.3. The molecule has 2 atom stereocenters. The Morgan fingerprint density at radius 2 is 1.40 bits per heavy atom. The second kappa shape index (κ2) is 8.21. The van der Waals surface area contributed by atoms with Gasteiger partial charge >= 0.3 is 11.7 Å². The Bertz CT molecular complexity index is 1220. The van der Waals surface area contributed by atoms with Crippen LogP contribution in [0.3, 0.4) is 0 Å². The van der Waals surface area contributed by atoms with Crippen molar-refractivity contribution in [3.8, 4) is 11.5 Å². The molecule has 0 aliphatic carbocycles. The van der Waals surface area contributed by atoms with Crippen LogP contribution in [0.4, 0.5) is 8.78 Å². The smallest absolute Gasteiger partial charge is 0.327 e. The van der Waals surface area contributed by atoms with Gasteiger partial charge in [-0.2, -0.15) is 8.78 Å². The van der Waals surface area contributed by atoms with E-state index < -0.39 is 28.5 Å². The molecule has 2 unspecified atom stereocenters. The Morgan fingerprint density at radius 1 is 0.857 bits per heavy atom. The van der Waals surface area contributed by atoms with Gasteiger partial charge in [0, 0.05) is 11.1 Å². The van der Waals surface area contributed by atoms with Gasteiger partial charge in [-0.1, -0.05) is 108 Å². The Labute approximate surface area is 210 Å². The second-order valence-corrected chi connectivity index (χ2v) is 11.7. The summed E-state index contributed by atoms with van der Waals surface area (Å²) in [5.41, 5.74) is 0.424. The lowest BCUT2D eigenvalue weighted by Crippen LogP contribution is -2.56. The Hall–Kier alpha value is -2.63. The van der Waals surface area contributed by atoms with Crippen molar-refractivity contribution in [2.24, 2.45) is 0 Å². The summed E-state index contributed by atoms with van der Waals surface area (Å²) in [6.45, 7) is 11.5. The molecular formula is C29H31ClF2O3. The molecule has 0 fully saturated rings. The number of aliphatic hydroxyl groups is 1. The van der Waals surface area contributed by atoms with Crippen molar-refractivity contribution in [3.05, 3.63) is 93.5 Å². The lowest BCUT2D eigenvalue weighted by atomic mass is 9.72. The van der Waals surface area contributed by atoms with Crippen LogP contribution in [0.1, 0.15) is 75.3 Å². The van der Waals surface area contributed by atoms with Crippen LogP contribution in [0, 0.1) is 0 Å². The predicted octanol–water partition coefficient (Wildman–Crippen LogP) is 7.65. The fourth-order valence-electron chi connectivity index (χ4n) is 4.74. The van der Waals surface area contributed by atoms with E-state index in [4.69, 9.17) is 16.3 Å². The van der Waals surface area contributed by atoms with Crippen LogP contribution in [0.5, 0.6) is 11.5 Å². The summed E-state index contributed by atoms with van der Waals surface area (Å²) in [4.78, 5) is 0. The van der Waals surface area contributed by atoms with E-state index in [0.717, 1.165) is 0 Å². The third kappa shape index (κ3) is 4.09. The zero-order chi connectivity index (χ0) is 26.0. The van der Waals surface area contributed by atoms with Gasteiger partial charge in [0.25, 0.3) is 0 Å². The van der Waals surface area contributed by atoms with Gasteiger partial charge in [-0.3, -0.25) is 0 Å². The first-order valence-electron chi connectivity index (χ1n) is 11.6. The Morgan fingerprint density at radius 3 is 1.91 bits per heavy atom. The summed E-state index contributed by atoms with van der Waals surface area (Å²) >= 11 is 6.41. The molecule has 2 N–H and O–H groups in total. The average molecular weight is 501 g/mol. The van der Waals surface area contributed by atoms with Gasteiger partial charge in [0.05, 0.1) is 10.9 Å². The highest BCUT2D eigenvalue weighted by molar-refractivity contribution is 6.32. The van der Waals surface area contributed by atoms with Gasteiger partial charge in [0.1, 0.15) is 11.5 Å². The summed E-state index contributed by atoms with van der Waals surface area (Å²) in [5.74, 6) is -8.22. The lowest BCUT2D eigenvalue weighted by molar-refractivity contribution is -0.303. The molecule has 4 rings (SSSR count). The van der Waals surface area contributed by atoms with Crippen molar-refractivity contribution in [1.29, 1.82) is 0 Å². The van der Waals surface area contributed by atoms with Crippen LogP contribution >= 0.6 is 11.6 Å². The van der Waals surface area contributed by atoms with Crippen LogP contribution in [0.25, 0.3) is 0 Å². The number of phenolic OH excluding ortho intramolecular Hbond substituents is 1. The average Bonchev–Trinajstić information content (AvgIpc) is 2.75. The summed E-state index contributed by atoms with van der Waals surface area (Å²) in [5, 5.41) is 22.8. The molecule has 35 heavy (non-hydrogen) atoms. The van der Waals surface area contributed by atoms with Crippen LogP contribution in [0.15, 0.2) is 60.7 Å². The minimum atomic E-state index is -3.78. The first-order valence-corrected chi connectivity index (χ1v) is 12.0. The van der Waals surface area contributed by atoms with E-state index in [-0.39, 0.29) is 33.2 Å². The number of benzene rings is 3. The maximum atomic E-state index is 16.6. The molecule has 6 heteroatoms. The van der Waals surface area contributed by atoms with E-state index >= 15 is 8.78 Å². The molecule has 0 amide bonds. The Kier molecular flexibility index (Phi) is 5.97. The summed E-state index contributed by atoms with van der Waals surface area (Å²) < 4.78 is 38.8. The molecule has 3 aromatic rings. The highest BCUT2D eigenvalue weighted by atomic mass is 35.5. The van der Waals surface area contributed by atoms with Crippen LogP contribution in [-0.4, -0.2) is 16.1 Å². The summed E-state index contributed by atoms with van der Waals surface area (Å²) in [6.07, 6.45) is 0. The topological polar surface area (TPSA) is 49.7 Å². The molecule has 0 spiro atoms. The largest absolute Gasteiger partial charge is 0.507 e. The quantitative estimate of drug-likeness (QED) is 0.380. The zero-order valence-corrected chi connectivity index (χ0v) is 21.5. The summed E-state index contributed by atoms with van der Waals surface area (Å²) in [6, 6.07) is 15.5. The number of fused-ring (bicyclic) bond motifs is 1. The number of aromatic hydroxyl groups is 1. The van der Waals surface area contributed by atoms with Crippen molar-refractivity contribution < 1.29 is 23.7 Å². The number of alkyl halides is 2. The van der Waals surface area contributed by atoms with Gasteiger partial charge in [-0.05, 0) is 33.6 Å².